The van der Waals surface area contributed by atoms with Crippen LogP contribution in [-0.4, -0.2) is 36.6 Å². The zero-order valence-electron chi connectivity index (χ0n) is 10.7. The zero-order chi connectivity index (χ0) is 12.4. The van der Waals surface area contributed by atoms with E-state index >= 15 is 0 Å². The van der Waals surface area contributed by atoms with E-state index in [9.17, 15) is 4.39 Å². The van der Waals surface area contributed by atoms with E-state index in [0.717, 1.165) is 19.0 Å². The molecule has 1 aliphatic heterocycles. The molecule has 0 spiro atoms. The number of rotatable bonds is 5. The number of likely N-dealkylation sites (tertiary alicyclic amines) is 1. The summed E-state index contributed by atoms with van der Waals surface area (Å²) in [5, 5.41) is 3.62. The van der Waals surface area contributed by atoms with Gasteiger partial charge in [-0.15, -0.1) is 0 Å². The van der Waals surface area contributed by atoms with E-state index in [-0.39, 0.29) is 5.82 Å². The monoisotopic (exact) mass is 248 g/mol. The molecule has 0 aromatic heterocycles. The molecule has 18 heavy (non-hydrogen) atoms. The molecule has 1 aromatic rings. The van der Waals surface area contributed by atoms with Crippen LogP contribution in [0.15, 0.2) is 24.3 Å². The first-order valence-corrected chi connectivity index (χ1v) is 7.03. The van der Waals surface area contributed by atoms with Gasteiger partial charge in [0.1, 0.15) is 5.82 Å². The molecule has 3 rings (SSSR count). The lowest BCUT2D eigenvalue weighted by molar-refractivity contribution is 0.318. The quantitative estimate of drug-likeness (QED) is 0.859. The van der Waals surface area contributed by atoms with E-state index in [1.165, 1.54) is 37.9 Å². The molecule has 1 atom stereocenters. The molecular weight excluding hydrogens is 227 g/mol. The Labute approximate surface area is 108 Å². The van der Waals surface area contributed by atoms with Gasteiger partial charge in [0, 0.05) is 25.2 Å². The topological polar surface area (TPSA) is 15.3 Å². The van der Waals surface area contributed by atoms with E-state index in [0.29, 0.717) is 6.04 Å². The molecule has 1 unspecified atom stereocenters. The fourth-order valence-corrected chi connectivity index (χ4v) is 2.80. The summed E-state index contributed by atoms with van der Waals surface area (Å²) in [6.45, 7) is 3.47. The van der Waals surface area contributed by atoms with Crippen LogP contribution in [0.3, 0.4) is 0 Å². The molecule has 1 aromatic carbocycles. The van der Waals surface area contributed by atoms with Gasteiger partial charge in [0.05, 0.1) is 0 Å². The first-order valence-electron chi connectivity index (χ1n) is 7.03. The van der Waals surface area contributed by atoms with Crippen LogP contribution < -0.4 is 5.32 Å². The SMILES string of the molecule is Fc1ccc(CCNC2CCN(C3CC3)C2)cc1. The van der Waals surface area contributed by atoms with Gasteiger partial charge in [0.15, 0.2) is 0 Å². The first kappa shape index (κ1) is 12.1. The summed E-state index contributed by atoms with van der Waals surface area (Å²) in [4.78, 5) is 2.62. The van der Waals surface area contributed by atoms with Gasteiger partial charge in [-0.25, -0.2) is 4.39 Å². The minimum absolute atomic E-state index is 0.150. The number of nitrogens with one attached hydrogen (secondary N) is 1. The third-order valence-electron chi connectivity index (χ3n) is 4.04. The van der Waals surface area contributed by atoms with Crippen molar-refractivity contribution in [3.8, 4) is 0 Å². The van der Waals surface area contributed by atoms with Crippen molar-refractivity contribution in [2.75, 3.05) is 19.6 Å². The highest BCUT2D eigenvalue weighted by molar-refractivity contribution is 5.16. The molecule has 1 saturated heterocycles. The van der Waals surface area contributed by atoms with Crippen LogP contribution in [0.25, 0.3) is 0 Å². The van der Waals surface area contributed by atoms with Gasteiger partial charge < -0.3 is 5.32 Å². The number of hydrogen-bond donors (Lipinski definition) is 1. The van der Waals surface area contributed by atoms with Crippen LogP contribution in [0, 0.1) is 5.82 Å². The minimum Gasteiger partial charge on any atom is -0.312 e. The number of hydrogen-bond acceptors (Lipinski definition) is 2. The number of halogens is 1. The Morgan fingerprint density at radius 2 is 1.94 bits per heavy atom. The van der Waals surface area contributed by atoms with E-state index in [1.54, 1.807) is 12.1 Å². The Morgan fingerprint density at radius 1 is 1.17 bits per heavy atom. The summed E-state index contributed by atoms with van der Waals surface area (Å²) >= 11 is 0. The third-order valence-corrected chi connectivity index (χ3v) is 4.04. The largest absolute Gasteiger partial charge is 0.312 e. The van der Waals surface area contributed by atoms with Crippen LogP contribution in [0.5, 0.6) is 0 Å². The first-order chi connectivity index (χ1) is 8.81. The molecule has 1 N–H and O–H groups in total. The lowest BCUT2D eigenvalue weighted by Gasteiger charge is -2.15. The van der Waals surface area contributed by atoms with Gasteiger partial charge in [-0.3, -0.25) is 4.90 Å². The van der Waals surface area contributed by atoms with Crippen molar-refractivity contribution in [1.82, 2.24) is 10.2 Å². The Hall–Kier alpha value is -0.930. The van der Waals surface area contributed by atoms with E-state index in [4.69, 9.17) is 0 Å². The second-order valence-corrected chi connectivity index (χ2v) is 5.54. The maximum absolute atomic E-state index is 12.8. The number of benzene rings is 1. The summed E-state index contributed by atoms with van der Waals surface area (Å²) in [5.41, 5.74) is 1.21. The Kier molecular flexibility index (Phi) is 3.62. The average Bonchev–Trinajstić information content (AvgIpc) is 3.12. The summed E-state index contributed by atoms with van der Waals surface area (Å²) in [6, 6.07) is 8.39. The summed E-state index contributed by atoms with van der Waals surface area (Å²) < 4.78 is 12.8. The van der Waals surface area contributed by atoms with E-state index < -0.39 is 0 Å². The molecule has 2 aliphatic rings. The third kappa shape index (κ3) is 3.09. The molecule has 1 saturated carbocycles. The van der Waals surface area contributed by atoms with Crippen molar-refractivity contribution in [1.29, 1.82) is 0 Å². The fraction of sp³-hybridized carbons (Fsp3) is 0.600. The van der Waals surface area contributed by atoms with Crippen molar-refractivity contribution < 1.29 is 4.39 Å². The minimum atomic E-state index is -0.150. The molecule has 2 nitrogen and oxygen atoms in total. The standard InChI is InChI=1S/C15H21FN2/c16-13-3-1-12(2-4-13)7-9-17-14-8-10-18(11-14)15-5-6-15/h1-4,14-15,17H,5-11H2. The van der Waals surface area contributed by atoms with Gasteiger partial charge in [-0.05, 0) is 49.9 Å². The zero-order valence-corrected chi connectivity index (χ0v) is 10.7. The van der Waals surface area contributed by atoms with Gasteiger partial charge >= 0.3 is 0 Å². The van der Waals surface area contributed by atoms with Gasteiger partial charge in [-0.2, -0.15) is 0 Å². The van der Waals surface area contributed by atoms with Crippen LogP contribution in [0.4, 0.5) is 4.39 Å². The van der Waals surface area contributed by atoms with Gasteiger partial charge in [0.25, 0.3) is 0 Å². The molecule has 3 heteroatoms. The molecule has 1 aliphatic carbocycles. The van der Waals surface area contributed by atoms with E-state index in [2.05, 4.69) is 10.2 Å². The smallest absolute Gasteiger partial charge is 0.123 e. The second-order valence-electron chi connectivity index (χ2n) is 5.54. The van der Waals surface area contributed by atoms with Crippen LogP contribution in [0.1, 0.15) is 24.8 Å². The lowest BCUT2D eigenvalue weighted by atomic mass is 10.1. The normalized spacial score (nSPS) is 24.6. The summed E-state index contributed by atoms with van der Waals surface area (Å²) in [5.74, 6) is -0.150. The van der Waals surface area contributed by atoms with Crippen molar-refractivity contribution in [2.24, 2.45) is 0 Å². The van der Waals surface area contributed by atoms with Gasteiger partial charge in [0.2, 0.25) is 0 Å². The van der Waals surface area contributed by atoms with Crippen molar-refractivity contribution >= 4 is 0 Å². The van der Waals surface area contributed by atoms with Crippen molar-refractivity contribution in [2.45, 2.75) is 37.8 Å². The Bertz CT molecular complexity index is 386. The molecule has 0 bridgehead atoms. The Balaban J connectivity index is 1.38. The highest BCUT2D eigenvalue weighted by atomic mass is 19.1. The fourth-order valence-electron chi connectivity index (χ4n) is 2.80. The maximum atomic E-state index is 12.8. The Morgan fingerprint density at radius 3 is 2.67 bits per heavy atom. The molecule has 0 radical (unpaired) electrons. The summed E-state index contributed by atoms with van der Waals surface area (Å²) in [7, 11) is 0. The molecule has 1 heterocycles. The van der Waals surface area contributed by atoms with Crippen LogP contribution in [-0.2, 0) is 6.42 Å². The highest BCUT2D eigenvalue weighted by Crippen LogP contribution is 2.29. The maximum Gasteiger partial charge on any atom is 0.123 e. The molecule has 98 valence electrons. The van der Waals surface area contributed by atoms with E-state index in [1.807, 2.05) is 12.1 Å². The molecule has 2 fully saturated rings. The summed E-state index contributed by atoms with van der Waals surface area (Å²) in [6.07, 6.45) is 5.07. The van der Waals surface area contributed by atoms with Crippen LogP contribution in [0.2, 0.25) is 0 Å². The highest BCUT2D eigenvalue weighted by Gasteiger charge is 2.33. The predicted octanol–water partition coefficient (Wildman–Crippen LogP) is 2.19. The predicted molar refractivity (Wildman–Crippen MR) is 71.1 cm³/mol. The molecular formula is C15H21FN2. The van der Waals surface area contributed by atoms with Crippen molar-refractivity contribution in [3.05, 3.63) is 35.6 Å². The molecule has 0 amide bonds. The number of nitrogens with zero attached hydrogens (tertiary/aromatic N) is 1. The average molecular weight is 248 g/mol. The van der Waals surface area contributed by atoms with Gasteiger partial charge in [-0.1, -0.05) is 12.1 Å². The van der Waals surface area contributed by atoms with Crippen molar-refractivity contribution in [3.63, 3.8) is 0 Å². The second kappa shape index (κ2) is 5.37. The lowest BCUT2D eigenvalue weighted by Crippen LogP contribution is -2.34. The van der Waals surface area contributed by atoms with Crippen LogP contribution >= 0.6 is 0 Å².